The van der Waals surface area contributed by atoms with E-state index >= 15 is 0 Å². The second-order valence-electron chi connectivity index (χ2n) is 3.99. The van der Waals surface area contributed by atoms with Gasteiger partial charge in [0.2, 0.25) is 0 Å². The largest absolute Gasteiger partial charge is 0.398 e. The van der Waals surface area contributed by atoms with Crippen LogP contribution in [0.2, 0.25) is 0 Å². The molecule has 0 saturated carbocycles. The molecular formula is C12H13FN4O. The van der Waals surface area contributed by atoms with Crippen LogP contribution in [0.3, 0.4) is 0 Å². The summed E-state index contributed by atoms with van der Waals surface area (Å²) in [4.78, 5) is 12.0. The number of nitrogens with zero attached hydrogens (tertiary/aromatic N) is 2. The quantitative estimate of drug-likeness (QED) is 0.794. The maximum Gasteiger partial charge on any atom is 0.257 e. The van der Waals surface area contributed by atoms with Gasteiger partial charge in [0.25, 0.3) is 5.91 Å². The number of hydrogen-bond donors (Lipinski definition) is 2. The summed E-state index contributed by atoms with van der Waals surface area (Å²) in [6.07, 6.45) is 1.69. The molecule has 0 aliphatic heterocycles. The van der Waals surface area contributed by atoms with Gasteiger partial charge in [-0.2, -0.15) is 5.10 Å². The highest BCUT2D eigenvalue weighted by Gasteiger charge is 2.13. The summed E-state index contributed by atoms with van der Waals surface area (Å²) in [6.45, 7) is 1.78. The average molecular weight is 248 g/mol. The Morgan fingerprint density at radius 1 is 1.50 bits per heavy atom. The molecule has 0 spiro atoms. The van der Waals surface area contributed by atoms with E-state index in [0.717, 1.165) is 6.07 Å². The van der Waals surface area contributed by atoms with Crippen LogP contribution in [0.15, 0.2) is 24.4 Å². The number of amides is 1. The number of hydrogen-bond acceptors (Lipinski definition) is 3. The molecule has 0 aliphatic rings. The highest BCUT2D eigenvalue weighted by Crippen LogP contribution is 2.17. The van der Waals surface area contributed by atoms with Gasteiger partial charge in [0.1, 0.15) is 5.82 Å². The second-order valence-corrected chi connectivity index (χ2v) is 3.99. The maximum absolute atomic E-state index is 12.9. The highest BCUT2D eigenvalue weighted by atomic mass is 19.1. The molecule has 0 radical (unpaired) electrons. The fraction of sp³-hybridized carbons (Fsp3) is 0.167. The second kappa shape index (κ2) is 4.48. The molecule has 94 valence electrons. The summed E-state index contributed by atoms with van der Waals surface area (Å²) in [5, 5.41) is 6.79. The summed E-state index contributed by atoms with van der Waals surface area (Å²) in [7, 11) is 1.76. The number of carbonyl (C=O) groups excluding carboxylic acids is 1. The Morgan fingerprint density at radius 3 is 2.78 bits per heavy atom. The Hall–Kier alpha value is -2.37. The minimum Gasteiger partial charge on any atom is -0.398 e. The van der Waals surface area contributed by atoms with Crippen molar-refractivity contribution in [2.24, 2.45) is 7.05 Å². The zero-order valence-corrected chi connectivity index (χ0v) is 10.1. The molecule has 2 aromatic rings. The van der Waals surface area contributed by atoms with Crippen LogP contribution in [0.5, 0.6) is 0 Å². The predicted molar refractivity (Wildman–Crippen MR) is 66.7 cm³/mol. The van der Waals surface area contributed by atoms with Crippen molar-refractivity contribution in [1.82, 2.24) is 9.78 Å². The van der Waals surface area contributed by atoms with Crippen LogP contribution in [0.25, 0.3) is 0 Å². The monoisotopic (exact) mass is 248 g/mol. The number of rotatable bonds is 2. The van der Waals surface area contributed by atoms with Crippen molar-refractivity contribution in [2.75, 3.05) is 11.1 Å². The predicted octanol–water partition coefficient (Wildman–Crippen LogP) is 1.70. The van der Waals surface area contributed by atoms with E-state index in [1.165, 1.54) is 12.1 Å². The van der Waals surface area contributed by atoms with Gasteiger partial charge in [-0.1, -0.05) is 0 Å². The van der Waals surface area contributed by atoms with Crippen molar-refractivity contribution < 1.29 is 9.18 Å². The molecular weight excluding hydrogens is 235 g/mol. The van der Waals surface area contributed by atoms with Gasteiger partial charge in [0.05, 0.1) is 16.9 Å². The van der Waals surface area contributed by atoms with E-state index in [2.05, 4.69) is 10.4 Å². The van der Waals surface area contributed by atoms with Gasteiger partial charge in [-0.05, 0) is 25.1 Å². The molecule has 18 heavy (non-hydrogen) atoms. The first-order valence-corrected chi connectivity index (χ1v) is 5.34. The lowest BCUT2D eigenvalue weighted by molar-refractivity contribution is 0.102. The van der Waals surface area contributed by atoms with Gasteiger partial charge in [0.15, 0.2) is 0 Å². The zero-order valence-electron chi connectivity index (χ0n) is 10.1. The van der Waals surface area contributed by atoms with E-state index in [-0.39, 0.29) is 17.2 Å². The lowest BCUT2D eigenvalue weighted by Gasteiger charge is -2.06. The number of nitrogens with one attached hydrogen (secondary N) is 1. The van der Waals surface area contributed by atoms with Crippen LogP contribution < -0.4 is 11.1 Å². The number of aryl methyl sites for hydroxylation is 2. The first-order chi connectivity index (χ1) is 8.47. The Kier molecular flexibility index (Phi) is 3.01. The van der Waals surface area contributed by atoms with Crippen LogP contribution in [0.4, 0.5) is 15.8 Å². The number of nitrogens with two attached hydrogens (primary N) is 1. The number of halogens is 1. The van der Waals surface area contributed by atoms with E-state index in [1.54, 1.807) is 24.9 Å². The van der Waals surface area contributed by atoms with Gasteiger partial charge in [-0.25, -0.2) is 4.39 Å². The number of benzene rings is 1. The van der Waals surface area contributed by atoms with E-state index < -0.39 is 5.82 Å². The van der Waals surface area contributed by atoms with E-state index in [1.807, 2.05) is 0 Å². The molecule has 0 saturated heterocycles. The molecule has 1 amide bonds. The van der Waals surface area contributed by atoms with Crippen molar-refractivity contribution in [3.05, 3.63) is 41.5 Å². The third kappa shape index (κ3) is 2.32. The Labute approximate surface area is 103 Å². The Bertz CT molecular complexity index is 606. The fourth-order valence-corrected chi connectivity index (χ4v) is 1.65. The van der Waals surface area contributed by atoms with Gasteiger partial charge in [0, 0.05) is 18.9 Å². The minimum absolute atomic E-state index is 0.106. The van der Waals surface area contributed by atoms with Gasteiger partial charge in [-0.3, -0.25) is 9.48 Å². The molecule has 6 heteroatoms. The van der Waals surface area contributed by atoms with Crippen molar-refractivity contribution in [3.63, 3.8) is 0 Å². The molecule has 0 bridgehead atoms. The minimum atomic E-state index is -0.471. The molecule has 1 aromatic carbocycles. The van der Waals surface area contributed by atoms with Crippen molar-refractivity contribution in [2.45, 2.75) is 6.92 Å². The van der Waals surface area contributed by atoms with Gasteiger partial charge >= 0.3 is 0 Å². The summed E-state index contributed by atoms with van der Waals surface area (Å²) in [6, 6.07) is 3.66. The molecule has 5 nitrogen and oxygen atoms in total. The van der Waals surface area contributed by atoms with Crippen LogP contribution >= 0.6 is 0 Å². The number of carbonyl (C=O) groups is 1. The first-order valence-electron chi connectivity index (χ1n) is 5.34. The van der Waals surface area contributed by atoms with Crippen molar-refractivity contribution in [1.29, 1.82) is 0 Å². The number of anilines is 2. The standard InChI is InChI=1S/C12H13FN4O/c1-7-11(6-17(2)16-7)15-12(18)9-4-3-8(13)5-10(9)14/h3-6H,14H2,1-2H3,(H,15,18). The average Bonchev–Trinajstić information content (AvgIpc) is 2.57. The molecule has 0 atom stereocenters. The summed E-state index contributed by atoms with van der Waals surface area (Å²) in [5.41, 5.74) is 7.24. The molecule has 1 aromatic heterocycles. The summed E-state index contributed by atoms with van der Waals surface area (Å²) in [5.74, 6) is -0.856. The molecule has 0 fully saturated rings. The Morgan fingerprint density at radius 2 is 2.22 bits per heavy atom. The lowest BCUT2D eigenvalue weighted by Crippen LogP contribution is -2.14. The first kappa shape index (κ1) is 12.1. The van der Waals surface area contributed by atoms with Crippen molar-refractivity contribution >= 4 is 17.3 Å². The lowest BCUT2D eigenvalue weighted by atomic mass is 10.1. The fourth-order valence-electron chi connectivity index (χ4n) is 1.65. The number of aromatic nitrogens is 2. The topological polar surface area (TPSA) is 72.9 Å². The SMILES string of the molecule is Cc1nn(C)cc1NC(=O)c1ccc(F)cc1N. The Balaban J connectivity index is 2.24. The summed E-state index contributed by atoms with van der Waals surface area (Å²) < 4.78 is 14.5. The zero-order chi connectivity index (χ0) is 13.3. The van der Waals surface area contributed by atoms with E-state index in [0.29, 0.717) is 11.4 Å². The van der Waals surface area contributed by atoms with E-state index in [4.69, 9.17) is 5.73 Å². The maximum atomic E-state index is 12.9. The third-order valence-corrected chi connectivity index (χ3v) is 2.52. The molecule has 0 unspecified atom stereocenters. The van der Waals surface area contributed by atoms with Crippen LogP contribution in [0.1, 0.15) is 16.1 Å². The molecule has 3 N–H and O–H groups in total. The summed E-state index contributed by atoms with van der Waals surface area (Å²) >= 11 is 0. The van der Waals surface area contributed by atoms with E-state index in [9.17, 15) is 9.18 Å². The molecule has 0 aliphatic carbocycles. The molecule has 1 heterocycles. The van der Waals surface area contributed by atoms with Crippen molar-refractivity contribution in [3.8, 4) is 0 Å². The smallest absolute Gasteiger partial charge is 0.257 e. The number of nitrogen functional groups attached to an aromatic ring is 1. The third-order valence-electron chi connectivity index (χ3n) is 2.52. The van der Waals surface area contributed by atoms with Gasteiger partial charge in [-0.15, -0.1) is 0 Å². The normalized spacial score (nSPS) is 10.4. The van der Waals surface area contributed by atoms with Gasteiger partial charge < -0.3 is 11.1 Å². The van der Waals surface area contributed by atoms with Crippen LogP contribution in [0, 0.1) is 12.7 Å². The molecule has 2 rings (SSSR count). The highest BCUT2D eigenvalue weighted by molar-refractivity contribution is 6.07. The van der Waals surface area contributed by atoms with Crippen LogP contribution in [-0.2, 0) is 7.05 Å². The van der Waals surface area contributed by atoms with Crippen LogP contribution in [-0.4, -0.2) is 15.7 Å².